The lowest BCUT2D eigenvalue weighted by atomic mass is 10.1. The molecule has 114 valence electrons. The van der Waals surface area contributed by atoms with Crippen LogP contribution in [-0.4, -0.2) is 30.1 Å². The first-order valence-corrected chi connectivity index (χ1v) is 6.77. The van der Waals surface area contributed by atoms with E-state index in [0.29, 0.717) is 17.6 Å². The van der Waals surface area contributed by atoms with Crippen LogP contribution < -0.4 is 9.47 Å². The largest absolute Gasteiger partial charge is 0.489 e. The monoisotopic (exact) mass is 300 g/mol. The number of carbonyl (C=O) groups excluding carboxylic acids is 1. The standard InChI is InChI=1S/C17H16O5/c1-12(22-14-5-3-2-4-6-14)11-21-16-8-7-13(10-18)9-15(16)17(19)20/h2-10,12H,11H2,1H3,(H,19,20). The average molecular weight is 300 g/mol. The second-order valence-corrected chi connectivity index (χ2v) is 4.73. The molecule has 0 aliphatic rings. The van der Waals surface area contributed by atoms with Gasteiger partial charge in [0.15, 0.2) is 0 Å². The van der Waals surface area contributed by atoms with Crippen molar-refractivity contribution in [2.45, 2.75) is 13.0 Å². The molecule has 0 aliphatic carbocycles. The molecule has 5 nitrogen and oxygen atoms in total. The van der Waals surface area contributed by atoms with Crippen LogP contribution in [0.1, 0.15) is 27.6 Å². The number of hydrogen-bond acceptors (Lipinski definition) is 4. The molecule has 0 aromatic heterocycles. The molecule has 0 amide bonds. The van der Waals surface area contributed by atoms with Gasteiger partial charge in [0.1, 0.15) is 36.1 Å². The number of hydrogen-bond donors (Lipinski definition) is 1. The molecule has 0 bridgehead atoms. The van der Waals surface area contributed by atoms with E-state index in [0.717, 1.165) is 0 Å². The number of carbonyl (C=O) groups is 2. The Balaban J connectivity index is 2.01. The third kappa shape index (κ3) is 4.09. The van der Waals surface area contributed by atoms with Crippen LogP contribution in [0.4, 0.5) is 0 Å². The second-order valence-electron chi connectivity index (χ2n) is 4.73. The van der Waals surface area contributed by atoms with Gasteiger partial charge in [-0.2, -0.15) is 0 Å². The van der Waals surface area contributed by atoms with Gasteiger partial charge in [-0.25, -0.2) is 4.79 Å². The summed E-state index contributed by atoms with van der Waals surface area (Å²) in [5.41, 5.74) is 0.245. The van der Waals surface area contributed by atoms with Crippen molar-refractivity contribution >= 4 is 12.3 Å². The van der Waals surface area contributed by atoms with E-state index in [1.807, 2.05) is 37.3 Å². The molecule has 0 aliphatic heterocycles. The van der Waals surface area contributed by atoms with Crippen LogP contribution in [0.25, 0.3) is 0 Å². The smallest absolute Gasteiger partial charge is 0.339 e. The van der Waals surface area contributed by atoms with Gasteiger partial charge in [-0.05, 0) is 37.3 Å². The third-order valence-corrected chi connectivity index (χ3v) is 2.92. The van der Waals surface area contributed by atoms with Crippen LogP contribution in [0.5, 0.6) is 11.5 Å². The Hall–Kier alpha value is -2.82. The van der Waals surface area contributed by atoms with E-state index in [9.17, 15) is 9.59 Å². The summed E-state index contributed by atoms with van der Waals surface area (Å²) < 4.78 is 11.2. The lowest BCUT2D eigenvalue weighted by Gasteiger charge is -2.16. The van der Waals surface area contributed by atoms with Crippen molar-refractivity contribution in [3.63, 3.8) is 0 Å². The van der Waals surface area contributed by atoms with Gasteiger partial charge in [0, 0.05) is 5.56 Å². The van der Waals surface area contributed by atoms with Gasteiger partial charge < -0.3 is 14.6 Å². The maximum atomic E-state index is 11.2. The van der Waals surface area contributed by atoms with Crippen LogP contribution in [0.3, 0.4) is 0 Å². The highest BCUT2D eigenvalue weighted by Crippen LogP contribution is 2.20. The van der Waals surface area contributed by atoms with E-state index < -0.39 is 5.97 Å². The Morgan fingerprint density at radius 2 is 1.95 bits per heavy atom. The van der Waals surface area contributed by atoms with E-state index in [4.69, 9.17) is 14.6 Å². The molecule has 0 saturated carbocycles. The topological polar surface area (TPSA) is 72.8 Å². The molecule has 0 radical (unpaired) electrons. The normalized spacial score (nSPS) is 11.5. The van der Waals surface area contributed by atoms with Gasteiger partial charge >= 0.3 is 5.97 Å². The van der Waals surface area contributed by atoms with Crippen molar-refractivity contribution in [1.82, 2.24) is 0 Å². The number of para-hydroxylation sites is 1. The van der Waals surface area contributed by atoms with E-state index in [1.54, 1.807) is 0 Å². The molecular weight excluding hydrogens is 284 g/mol. The molecule has 0 heterocycles. The molecule has 2 aromatic carbocycles. The molecule has 1 atom stereocenters. The first-order valence-electron chi connectivity index (χ1n) is 6.77. The van der Waals surface area contributed by atoms with Crippen LogP contribution in [0.15, 0.2) is 48.5 Å². The summed E-state index contributed by atoms with van der Waals surface area (Å²) in [5.74, 6) is -0.217. The number of carboxylic acid groups (broad SMARTS) is 1. The van der Waals surface area contributed by atoms with Gasteiger partial charge in [0.2, 0.25) is 0 Å². The Morgan fingerprint density at radius 1 is 1.23 bits per heavy atom. The van der Waals surface area contributed by atoms with E-state index in [-0.39, 0.29) is 24.0 Å². The van der Waals surface area contributed by atoms with Gasteiger partial charge in [0.25, 0.3) is 0 Å². The van der Waals surface area contributed by atoms with Gasteiger partial charge in [0.05, 0.1) is 0 Å². The average Bonchev–Trinajstić information content (AvgIpc) is 2.53. The summed E-state index contributed by atoms with van der Waals surface area (Å²) in [6.45, 7) is 2.02. The molecule has 0 fully saturated rings. The number of ether oxygens (including phenoxy) is 2. The minimum absolute atomic E-state index is 0.0449. The van der Waals surface area contributed by atoms with Crippen LogP contribution in [0, 0.1) is 0 Å². The molecule has 2 aromatic rings. The summed E-state index contributed by atoms with van der Waals surface area (Å²) in [5, 5.41) is 9.16. The highest BCUT2D eigenvalue weighted by molar-refractivity contribution is 5.93. The maximum absolute atomic E-state index is 11.2. The number of benzene rings is 2. The summed E-state index contributed by atoms with van der Waals surface area (Å²) in [6.07, 6.45) is 0.340. The van der Waals surface area contributed by atoms with Crippen LogP contribution in [-0.2, 0) is 0 Å². The van der Waals surface area contributed by atoms with Crippen molar-refractivity contribution in [2.24, 2.45) is 0 Å². The van der Waals surface area contributed by atoms with E-state index >= 15 is 0 Å². The first-order chi connectivity index (χ1) is 10.6. The summed E-state index contributed by atoms with van der Waals surface area (Å²) in [4.78, 5) is 21.9. The fourth-order valence-electron chi connectivity index (χ4n) is 1.89. The van der Waals surface area contributed by atoms with E-state index in [2.05, 4.69) is 0 Å². The molecule has 0 saturated heterocycles. The van der Waals surface area contributed by atoms with Crippen molar-refractivity contribution in [3.8, 4) is 11.5 Å². The summed E-state index contributed by atoms with van der Waals surface area (Å²) in [6, 6.07) is 13.6. The van der Waals surface area contributed by atoms with Crippen LogP contribution >= 0.6 is 0 Å². The predicted octanol–water partition coefficient (Wildman–Crippen LogP) is 3.04. The highest BCUT2D eigenvalue weighted by Gasteiger charge is 2.14. The molecule has 22 heavy (non-hydrogen) atoms. The van der Waals surface area contributed by atoms with Gasteiger partial charge in [-0.1, -0.05) is 18.2 Å². The molecular formula is C17H16O5. The molecule has 0 spiro atoms. The zero-order valence-corrected chi connectivity index (χ0v) is 12.1. The van der Waals surface area contributed by atoms with Crippen molar-refractivity contribution in [2.75, 3.05) is 6.61 Å². The Morgan fingerprint density at radius 3 is 2.59 bits per heavy atom. The van der Waals surface area contributed by atoms with Crippen molar-refractivity contribution in [1.29, 1.82) is 0 Å². The van der Waals surface area contributed by atoms with Crippen LogP contribution in [0.2, 0.25) is 0 Å². The predicted molar refractivity (Wildman–Crippen MR) is 80.8 cm³/mol. The van der Waals surface area contributed by atoms with Gasteiger partial charge in [-0.15, -0.1) is 0 Å². The maximum Gasteiger partial charge on any atom is 0.339 e. The summed E-state index contributed by atoms with van der Waals surface area (Å²) in [7, 11) is 0. The first kappa shape index (κ1) is 15.6. The Labute approximate surface area is 128 Å². The SMILES string of the molecule is CC(COc1ccc(C=O)cc1C(=O)O)Oc1ccccc1. The lowest BCUT2D eigenvalue weighted by Crippen LogP contribution is -2.21. The fourth-order valence-corrected chi connectivity index (χ4v) is 1.89. The number of aromatic carboxylic acids is 1. The number of aldehydes is 1. The quantitative estimate of drug-likeness (QED) is 0.796. The van der Waals surface area contributed by atoms with Crippen molar-refractivity contribution in [3.05, 3.63) is 59.7 Å². The Bertz CT molecular complexity index is 651. The van der Waals surface area contributed by atoms with E-state index in [1.165, 1.54) is 18.2 Å². The molecule has 5 heteroatoms. The molecule has 1 N–H and O–H groups in total. The third-order valence-electron chi connectivity index (χ3n) is 2.92. The van der Waals surface area contributed by atoms with Gasteiger partial charge in [-0.3, -0.25) is 4.79 Å². The zero-order chi connectivity index (χ0) is 15.9. The molecule has 2 rings (SSSR count). The number of rotatable bonds is 7. The fraction of sp³-hybridized carbons (Fsp3) is 0.176. The lowest BCUT2D eigenvalue weighted by molar-refractivity contribution is 0.0688. The second kappa shape index (κ2) is 7.26. The minimum Gasteiger partial charge on any atom is -0.489 e. The zero-order valence-electron chi connectivity index (χ0n) is 12.1. The number of carboxylic acids is 1. The molecule has 1 unspecified atom stereocenters. The summed E-state index contributed by atoms with van der Waals surface area (Å²) >= 11 is 0. The Kier molecular flexibility index (Phi) is 5.14. The highest BCUT2D eigenvalue weighted by atomic mass is 16.5. The van der Waals surface area contributed by atoms with Crippen molar-refractivity contribution < 1.29 is 24.2 Å². The minimum atomic E-state index is -1.14.